The first-order chi connectivity index (χ1) is 23.6. The number of alkyl halides is 3. The van der Waals surface area contributed by atoms with Crippen molar-refractivity contribution in [1.29, 1.82) is 0 Å². The molecule has 0 saturated carbocycles. The highest BCUT2D eigenvalue weighted by Gasteiger charge is 2.35. The van der Waals surface area contributed by atoms with Gasteiger partial charge in [-0.05, 0) is 19.1 Å². The van der Waals surface area contributed by atoms with Gasteiger partial charge in [0.15, 0.2) is 22.5 Å². The summed E-state index contributed by atoms with van der Waals surface area (Å²) in [5.74, 6) is -0.493. The van der Waals surface area contributed by atoms with Crippen molar-refractivity contribution in [1.82, 2.24) is 38.6 Å². The van der Waals surface area contributed by atoms with E-state index in [0.717, 1.165) is 26.1 Å². The first kappa shape index (κ1) is 35.3. The minimum Gasteiger partial charge on any atom is -0.497 e. The molecule has 0 spiro atoms. The molecule has 1 amide bonds. The van der Waals surface area contributed by atoms with Crippen LogP contribution in [0, 0.1) is 6.92 Å². The van der Waals surface area contributed by atoms with Gasteiger partial charge in [0.1, 0.15) is 22.0 Å². The number of hydrogen-bond donors (Lipinski definition) is 2. The normalized spacial score (nSPS) is 11.9. The number of pyridine rings is 1. The number of carbonyl (C=O) groups excluding carboxylic acids is 1. The van der Waals surface area contributed by atoms with E-state index in [1.807, 2.05) is 0 Å². The molecule has 0 aliphatic rings. The number of aromatic nitrogens is 7. The molecular formula is C30H28F3N9O7S. The minimum atomic E-state index is -4.77. The summed E-state index contributed by atoms with van der Waals surface area (Å²) < 4.78 is 74.9. The Bertz CT molecular complexity index is 2250. The zero-order chi connectivity index (χ0) is 36.5. The molecule has 50 heavy (non-hydrogen) atoms. The maximum Gasteiger partial charge on any atom is 0.435 e. The molecule has 1 atom stereocenters. The summed E-state index contributed by atoms with van der Waals surface area (Å²) in [5, 5.41) is 6.72. The summed E-state index contributed by atoms with van der Waals surface area (Å²) >= 11 is 0. The van der Waals surface area contributed by atoms with Crippen LogP contribution in [0.15, 0.2) is 63.4 Å². The van der Waals surface area contributed by atoms with Crippen LogP contribution in [0.4, 0.5) is 24.8 Å². The average Bonchev–Trinajstić information content (AvgIpc) is 3.50. The van der Waals surface area contributed by atoms with Crippen LogP contribution in [-0.4, -0.2) is 65.3 Å². The Hall–Kier alpha value is -6.05. The first-order valence-electron chi connectivity index (χ1n) is 14.2. The lowest BCUT2D eigenvalue weighted by atomic mass is 10.1. The standard InChI is InChI=1S/C30H28F3N9O7S/c1-15-7-23(30(31,32)33)38-42(15)24-21(13-35-28(37-24)36-17-9-18(47-4)11-19(10-17)48-5)16-8-20(26(49-6)34-12-16)25(43)39-50(46)22-14-40(2)29(45)41(3)27(22)44/h7-14H,1-6H3,(H,39,43)(H,35,36,37). The quantitative estimate of drug-likeness (QED) is 0.216. The number of hydrogen-bond acceptors (Lipinski definition) is 12. The summed E-state index contributed by atoms with van der Waals surface area (Å²) in [5.41, 5.74) is -2.27. The fraction of sp³-hybridized carbons (Fsp3) is 0.233. The molecule has 1 unspecified atom stereocenters. The van der Waals surface area contributed by atoms with Gasteiger partial charge >= 0.3 is 11.9 Å². The van der Waals surface area contributed by atoms with Crippen molar-refractivity contribution in [3.05, 3.63) is 86.7 Å². The van der Waals surface area contributed by atoms with E-state index in [0.29, 0.717) is 17.2 Å². The molecule has 16 nitrogen and oxygen atoms in total. The number of anilines is 2. The molecule has 4 heterocycles. The van der Waals surface area contributed by atoms with Crippen molar-refractivity contribution in [2.75, 3.05) is 26.6 Å². The van der Waals surface area contributed by atoms with Gasteiger partial charge in [0.05, 0.1) is 21.3 Å². The molecule has 262 valence electrons. The second-order valence-electron chi connectivity index (χ2n) is 10.5. The molecule has 0 saturated heterocycles. The molecule has 20 heteroatoms. The summed E-state index contributed by atoms with van der Waals surface area (Å²) in [4.78, 5) is 50.7. The average molecular weight is 716 g/mol. The lowest BCUT2D eigenvalue weighted by Crippen LogP contribution is -2.40. The Kier molecular flexibility index (Phi) is 9.75. The minimum absolute atomic E-state index is 0.0452. The van der Waals surface area contributed by atoms with Gasteiger partial charge in [-0.3, -0.25) is 18.9 Å². The highest BCUT2D eigenvalue weighted by molar-refractivity contribution is 7.83. The molecule has 5 aromatic rings. The van der Waals surface area contributed by atoms with E-state index in [-0.39, 0.29) is 44.9 Å². The molecule has 4 aromatic heterocycles. The van der Waals surface area contributed by atoms with Gasteiger partial charge in [0, 0.05) is 73.4 Å². The van der Waals surface area contributed by atoms with Gasteiger partial charge in [-0.15, -0.1) is 0 Å². The van der Waals surface area contributed by atoms with E-state index in [4.69, 9.17) is 14.2 Å². The lowest BCUT2D eigenvalue weighted by Gasteiger charge is -2.15. The number of nitrogens with one attached hydrogen (secondary N) is 2. The number of ether oxygens (including phenoxy) is 3. The van der Waals surface area contributed by atoms with Crippen molar-refractivity contribution in [3.8, 4) is 34.3 Å². The fourth-order valence-electron chi connectivity index (χ4n) is 4.66. The van der Waals surface area contributed by atoms with Crippen molar-refractivity contribution < 1.29 is 36.4 Å². The van der Waals surface area contributed by atoms with Crippen LogP contribution in [0.25, 0.3) is 16.9 Å². The van der Waals surface area contributed by atoms with Gasteiger partial charge in [0.25, 0.3) is 11.5 Å². The van der Waals surface area contributed by atoms with Crippen LogP contribution in [0.1, 0.15) is 21.7 Å². The lowest BCUT2D eigenvalue weighted by molar-refractivity contribution is -0.141. The molecule has 5 rings (SSSR count). The van der Waals surface area contributed by atoms with E-state index < -0.39 is 40.0 Å². The van der Waals surface area contributed by atoms with Crippen LogP contribution in [-0.2, 0) is 31.3 Å². The topological polar surface area (TPSA) is 186 Å². The van der Waals surface area contributed by atoms with Gasteiger partial charge in [-0.1, -0.05) is 0 Å². The third-order valence-electron chi connectivity index (χ3n) is 7.15. The van der Waals surface area contributed by atoms with Crippen molar-refractivity contribution in [3.63, 3.8) is 0 Å². The third kappa shape index (κ3) is 7.04. The highest BCUT2D eigenvalue weighted by Crippen LogP contribution is 2.34. The Morgan fingerprint density at radius 2 is 1.62 bits per heavy atom. The number of rotatable bonds is 10. The van der Waals surface area contributed by atoms with Crippen LogP contribution in [0.3, 0.4) is 0 Å². The monoisotopic (exact) mass is 715 g/mol. The van der Waals surface area contributed by atoms with Gasteiger partial charge in [0.2, 0.25) is 11.8 Å². The van der Waals surface area contributed by atoms with Crippen LogP contribution >= 0.6 is 0 Å². The van der Waals surface area contributed by atoms with Gasteiger partial charge < -0.3 is 24.1 Å². The summed E-state index contributed by atoms with van der Waals surface area (Å²) in [7, 11) is 4.25. The smallest absolute Gasteiger partial charge is 0.435 e. The predicted octanol–water partition coefficient (Wildman–Crippen LogP) is 2.67. The molecule has 0 bridgehead atoms. The number of aryl methyl sites for hydroxylation is 2. The number of halogens is 3. The van der Waals surface area contributed by atoms with Crippen molar-refractivity contribution >= 4 is 28.5 Å². The van der Waals surface area contributed by atoms with Crippen LogP contribution in [0.5, 0.6) is 17.4 Å². The summed E-state index contributed by atoms with van der Waals surface area (Å²) in [6.07, 6.45) is -1.18. The predicted molar refractivity (Wildman–Crippen MR) is 172 cm³/mol. The largest absolute Gasteiger partial charge is 0.497 e. The first-order valence-corrected chi connectivity index (χ1v) is 15.3. The highest BCUT2D eigenvalue weighted by atomic mass is 32.2. The zero-order valence-electron chi connectivity index (χ0n) is 27.1. The van der Waals surface area contributed by atoms with Crippen molar-refractivity contribution in [2.24, 2.45) is 14.1 Å². The van der Waals surface area contributed by atoms with Crippen molar-refractivity contribution in [2.45, 2.75) is 18.0 Å². The molecule has 1 aromatic carbocycles. The number of carbonyl (C=O) groups is 1. The third-order valence-corrected chi connectivity index (χ3v) is 8.21. The summed E-state index contributed by atoms with van der Waals surface area (Å²) in [6, 6.07) is 6.98. The van der Waals surface area contributed by atoms with E-state index in [9.17, 15) is 31.8 Å². The van der Waals surface area contributed by atoms with Gasteiger partial charge in [-0.2, -0.15) is 23.3 Å². The van der Waals surface area contributed by atoms with E-state index in [1.54, 1.807) is 18.2 Å². The SMILES string of the molecule is COc1cc(Nc2ncc(-c3cnc(OC)c(C(=O)NS(=O)c4cn(C)c(=O)n(C)c4=O)c3)c(-n3nc(C(F)(F)F)cc3C)n2)cc(OC)c1. The zero-order valence-corrected chi connectivity index (χ0v) is 28.0. The Labute approximate surface area is 283 Å². The van der Waals surface area contributed by atoms with E-state index in [2.05, 4.69) is 30.1 Å². The Morgan fingerprint density at radius 3 is 2.22 bits per heavy atom. The number of amides is 1. The number of nitrogens with zero attached hydrogens (tertiary/aromatic N) is 7. The molecule has 2 N–H and O–H groups in total. The second-order valence-corrected chi connectivity index (χ2v) is 11.7. The molecule has 0 radical (unpaired) electrons. The van der Waals surface area contributed by atoms with E-state index in [1.165, 1.54) is 60.8 Å². The molecular weight excluding hydrogens is 687 g/mol. The Balaban J connectivity index is 1.60. The number of benzene rings is 1. The number of methoxy groups -OCH3 is 3. The maximum absolute atomic E-state index is 13.7. The molecule has 0 aliphatic heterocycles. The van der Waals surface area contributed by atoms with Crippen LogP contribution in [0.2, 0.25) is 0 Å². The van der Waals surface area contributed by atoms with Crippen LogP contribution < -0.4 is 35.5 Å². The molecule has 0 aliphatic carbocycles. The summed E-state index contributed by atoms with van der Waals surface area (Å²) in [6.45, 7) is 1.40. The van der Waals surface area contributed by atoms with Gasteiger partial charge in [-0.25, -0.2) is 23.7 Å². The molecule has 0 fully saturated rings. The maximum atomic E-state index is 13.7. The fourth-order valence-corrected chi connectivity index (χ4v) is 5.59. The Morgan fingerprint density at radius 1 is 0.940 bits per heavy atom. The van der Waals surface area contributed by atoms with E-state index >= 15 is 0 Å². The second kappa shape index (κ2) is 13.8.